The molecule has 38 heavy (non-hydrogen) atoms. The number of carboxylic acid groups (broad SMARTS) is 1. The zero-order valence-electron chi connectivity index (χ0n) is 22.9. The maximum atomic E-state index is 11.4. The summed E-state index contributed by atoms with van der Waals surface area (Å²) < 4.78 is 10.8. The summed E-state index contributed by atoms with van der Waals surface area (Å²) in [4.78, 5) is 18.4. The maximum absolute atomic E-state index is 11.4. The van der Waals surface area contributed by atoms with E-state index in [0.29, 0.717) is 11.8 Å². The van der Waals surface area contributed by atoms with Crippen LogP contribution in [0, 0.1) is 11.8 Å². The van der Waals surface area contributed by atoms with E-state index in [0.717, 1.165) is 93.4 Å². The SMILES string of the molecule is COc1cccc(CCCCN2CCC(CCCc3ccnc4ccc(OC)cc34)C(CCC(=O)O)C2)c1. The van der Waals surface area contributed by atoms with Crippen LogP contribution in [0.25, 0.3) is 10.9 Å². The van der Waals surface area contributed by atoms with Gasteiger partial charge in [0.2, 0.25) is 0 Å². The molecule has 6 nitrogen and oxygen atoms in total. The van der Waals surface area contributed by atoms with Crippen molar-refractivity contribution in [3.63, 3.8) is 0 Å². The summed E-state index contributed by atoms with van der Waals surface area (Å²) in [5, 5.41) is 10.5. The predicted molar refractivity (Wildman–Crippen MR) is 152 cm³/mol. The van der Waals surface area contributed by atoms with Crippen LogP contribution >= 0.6 is 0 Å². The molecule has 0 radical (unpaired) electrons. The Morgan fingerprint density at radius 2 is 1.82 bits per heavy atom. The van der Waals surface area contributed by atoms with Gasteiger partial charge in [-0.3, -0.25) is 9.78 Å². The second kappa shape index (κ2) is 14.1. The molecule has 1 fully saturated rings. The van der Waals surface area contributed by atoms with E-state index in [-0.39, 0.29) is 6.42 Å². The van der Waals surface area contributed by atoms with Gasteiger partial charge in [0.05, 0.1) is 19.7 Å². The average molecular weight is 519 g/mol. The molecule has 2 heterocycles. The van der Waals surface area contributed by atoms with Gasteiger partial charge in [0.25, 0.3) is 0 Å². The van der Waals surface area contributed by atoms with Gasteiger partial charge in [0, 0.05) is 24.5 Å². The first-order valence-corrected chi connectivity index (χ1v) is 14.0. The molecule has 4 rings (SSSR count). The zero-order valence-corrected chi connectivity index (χ0v) is 22.9. The minimum atomic E-state index is -0.684. The molecule has 0 bridgehead atoms. The molecule has 1 aromatic heterocycles. The van der Waals surface area contributed by atoms with Crippen LogP contribution in [-0.2, 0) is 17.6 Å². The number of hydrogen-bond donors (Lipinski definition) is 1. The molecule has 204 valence electrons. The largest absolute Gasteiger partial charge is 0.497 e. The second-order valence-corrected chi connectivity index (χ2v) is 10.6. The number of ether oxygens (including phenoxy) is 2. The van der Waals surface area contributed by atoms with Crippen LogP contribution in [0.4, 0.5) is 0 Å². The van der Waals surface area contributed by atoms with E-state index in [1.54, 1.807) is 14.2 Å². The third kappa shape index (κ3) is 7.94. The van der Waals surface area contributed by atoms with Crippen molar-refractivity contribution >= 4 is 16.9 Å². The fourth-order valence-corrected chi connectivity index (χ4v) is 5.95. The Hall–Kier alpha value is -3.12. The molecular formula is C32H42N2O4. The van der Waals surface area contributed by atoms with Crippen molar-refractivity contribution in [3.05, 3.63) is 65.9 Å². The normalized spacial score (nSPS) is 17.9. The van der Waals surface area contributed by atoms with Crippen molar-refractivity contribution < 1.29 is 19.4 Å². The number of pyridine rings is 1. The van der Waals surface area contributed by atoms with Crippen LogP contribution in [0.2, 0.25) is 0 Å². The van der Waals surface area contributed by atoms with Gasteiger partial charge in [0.15, 0.2) is 0 Å². The quantitative estimate of drug-likeness (QED) is 0.249. The molecule has 0 aliphatic carbocycles. The Balaban J connectivity index is 1.27. The minimum Gasteiger partial charge on any atom is -0.497 e. The van der Waals surface area contributed by atoms with Gasteiger partial charge in [0.1, 0.15) is 11.5 Å². The molecule has 1 N–H and O–H groups in total. The lowest BCUT2D eigenvalue weighted by Crippen LogP contribution is -2.41. The van der Waals surface area contributed by atoms with E-state index in [4.69, 9.17) is 9.47 Å². The fraction of sp³-hybridized carbons (Fsp3) is 0.500. The summed E-state index contributed by atoms with van der Waals surface area (Å²) in [6.07, 6.45) is 10.7. The number of unbranched alkanes of at least 4 members (excludes halogenated alkanes) is 1. The number of nitrogens with zero attached hydrogens (tertiary/aromatic N) is 2. The molecule has 0 spiro atoms. The zero-order chi connectivity index (χ0) is 26.7. The van der Waals surface area contributed by atoms with Gasteiger partial charge in [-0.15, -0.1) is 0 Å². The molecule has 3 aromatic rings. The lowest BCUT2D eigenvalue weighted by atomic mass is 9.79. The second-order valence-electron chi connectivity index (χ2n) is 10.6. The number of carboxylic acids is 1. The number of aromatic nitrogens is 1. The van der Waals surface area contributed by atoms with Crippen LogP contribution in [0.15, 0.2) is 54.7 Å². The Labute approximate surface area is 227 Å². The Bertz CT molecular complexity index is 1180. The highest BCUT2D eigenvalue weighted by Gasteiger charge is 2.29. The number of piperidine rings is 1. The number of rotatable bonds is 14. The average Bonchev–Trinajstić information content (AvgIpc) is 2.95. The van der Waals surface area contributed by atoms with Gasteiger partial charge < -0.3 is 19.5 Å². The lowest BCUT2D eigenvalue weighted by molar-refractivity contribution is -0.137. The van der Waals surface area contributed by atoms with Crippen molar-refractivity contribution in [2.75, 3.05) is 33.9 Å². The number of carbonyl (C=O) groups is 1. The maximum Gasteiger partial charge on any atom is 0.303 e. The molecule has 2 unspecified atom stereocenters. The molecule has 2 aromatic carbocycles. The number of aliphatic carboxylic acids is 1. The molecule has 6 heteroatoms. The first-order valence-electron chi connectivity index (χ1n) is 14.0. The smallest absolute Gasteiger partial charge is 0.303 e. The van der Waals surface area contributed by atoms with Gasteiger partial charge in [-0.1, -0.05) is 12.1 Å². The number of hydrogen-bond acceptors (Lipinski definition) is 5. The van der Waals surface area contributed by atoms with Crippen molar-refractivity contribution in [1.29, 1.82) is 0 Å². The Kier molecular flexibility index (Phi) is 10.4. The van der Waals surface area contributed by atoms with Crippen molar-refractivity contribution in [2.45, 2.75) is 57.8 Å². The third-order valence-corrected chi connectivity index (χ3v) is 8.09. The standard InChI is InChI=1S/C32H42N2O4/c1-37-28-11-5-8-24(21-28)7-3-4-19-34-20-17-25(27(23-34)12-15-32(35)36)9-6-10-26-16-18-33-31-14-13-29(38-2)22-30(26)31/h5,8,11,13-14,16,18,21-22,25,27H,3-4,6-7,9-10,12,15,17,19-20,23H2,1-2H3,(H,35,36). The van der Waals surface area contributed by atoms with E-state index in [2.05, 4.69) is 40.2 Å². The molecule has 2 atom stereocenters. The van der Waals surface area contributed by atoms with Crippen LogP contribution in [0.5, 0.6) is 11.5 Å². The number of likely N-dealkylation sites (tertiary alicyclic amines) is 1. The number of benzene rings is 2. The number of methoxy groups -OCH3 is 2. The summed E-state index contributed by atoms with van der Waals surface area (Å²) in [5.74, 6) is 2.13. The molecule has 0 amide bonds. The number of fused-ring (bicyclic) bond motifs is 1. The molecule has 1 saturated heterocycles. The summed E-state index contributed by atoms with van der Waals surface area (Å²) >= 11 is 0. The van der Waals surface area contributed by atoms with Crippen LogP contribution < -0.4 is 9.47 Å². The van der Waals surface area contributed by atoms with Crippen molar-refractivity contribution in [1.82, 2.24) is 9.88 Å². The third-order valence-electron chi connectivity index (χ3n) is 8.09. The molecule has 1 aliphatic rings. The van der Waals surface area contributed by atoms with Crippen molar-refractivity contribution in [3.8, 4) is 11.5 Å². The first kappa shape index (κ1) is 27.9. The topological polar surface area (TPSA) is 71.9 Å². The van der Waals surface area contributed by atoms with Crippen LogP contribution in [-0.4, -0.2) is 54.8 Å². The highest BCUT2D eigenvalue weighted by molar-refractivity contribution is 5.83. The van der Waals surface area contributed by atoms with Crippen LogP contribution in [0.1, 0.15) is 56.1 Å². The van der Waals surface area contributed by atoms with E-state index in [1.165, 1.54) is 11.1 Å². The van der Waals surface area contributed by atoms with E-state index < -0.39 is 5.97 Å². The molecule has 0 saturated carbocycles. The van der Waals surface area contributed by atoms with Gasteiger partial charge in [-0.25, -0.2) is 0 Å². The van der Waals surface area contributed by atoms with Gasteiger partial charge in [-0.2, -0.15) is 0 Å². The fourth-order valence-electron chi connectivity index (χ4n) is 5.95. The van der Waals surface area contributed by atoms with Gasteiger partial charge in [-0.05, 0) is 124 Å². The number of aryl methyl sites for hydroxylation is 2. The molecule has 1 aliphatic heterocycles. The summed E-state index contributed by atoms with van der Waals surface area (Å²) in [7, 11) is 3.41. The van der Waals surface area contributed by atoms with E-state index >= 15 is 0 Å². The summed E-state index contributed by atoms with van der Waals surface area (Å²) in [5.41, 5.74) is 3.63. The Morgan fingerprint density at radius 1 is 0.974 bits per heavy atom. The van der Waals surface area contributed by atoms with Crippen LogP contribution in [0.3, 0.4) is 0 Å². The Morgan fingerprint density at radius 3 is 2.63 bits per heavy atom. The first-order chi connectivity index (χ1) is 18.6. The summed E-state index contributed by atoms with van der Waals surface area (Å²) in [6.45, 7) is 3.22. The highest BCUT2D eigenvalue weighted by atomic mass is 16.5. The van der Waals surface area contributed by atoms with E-state index in [9.17, 15) is 9.90 Å². The van der Waals surface area contributed by atoms with Gasteiger partial charge >= 0.3 is 5.97 Å². The summed E-state index contributed by atoms with van der Waals surface area (Å²) in [6, 6.07) is 16.5. The highest BCUT2D eigenvalue weighted by Crippen LogP contribution is 2.32. The minimum absolute atomic E-state index is 0.264. The monoisotopic (exact) mass is 518 g/mol. The lowest BCUT2D eigenvalue weighted by Gasteiger charge is -2.39. The van der Waals surface area contributed by atoms with E-state index in [1.807, 2.05) is 24.4 Å². The predicted octanol–water partition coefficient (Wildman–Crippen LogP) is 6.40. The van der Waals surface area contributed by atoms with Crippen molar-refractivity contribution in [2.24, 2.45) is 11.8 Å². The molecular weight excluding hydrogens is 476 g/mol.